The largest absolute Gasteiger partial charge is 0.481 e. The number of para-hydroxylation sites is 1. The maximum atomic E-state index is 12.7. The van der Waals surface area contributed by atoms with Gasteiger partial charge in [0.1, 0.15) is 5.92 Å². The van der Waals surface area contributed by atoms with Crippen molar-refractivity contribution in [3.05, 3.63) is 41.5 Å². The molecule has 2 N–H and O–H groups in total. The van der Waals surface area contributed by atoms with E-state index in [4.69, 9.17) is 4.74 Å². The second-order valence-corrected chi connectivity index (χ2v) is 5.79. The summed E-state index contributed by atoms with van der Waals surface area (Å²) in [5.74, 6) is -2.77. The number of aryl methyl sites for hydroxylation is 2. The van der Waals surface area contributed by atoms with Crippen molar-refractivity contribution >= 4 is 17.6 Å². The zero-order valence-electron chi connectivity index (χ0n) is 12.6. The average molecular weight is 301 g/mol. The third-order valence-corrected chi connectivity index (χ3v) is 4.48. The lowest BCUT2D eigenvalue weighted by molar-refractivity contribution is -0.145. The Kier molecular flexibility index (Phi) is 3.74. The first-order valence-electron chi connectivity index (χ1n) is 7.49. The minimum absolute atomic E-state index is 0.284. The summed E-state index contributed by atoms with van der Waals surface area (Å²) >= 11 is 0. The van der Waals surface area contributed by atoms with Gasteiger partial charge in [0.25, 0.3) is 0 Å². The molecule has 2 aliphatic heterocycles. The standard InChI is InChI=1S/C17H19NO4/c1-3-10-6-4-5-9(2)15(10)18-16(19)13-11-7-8-12(22-11)14(13)17(20)21/h4-8,11-14H,3H2,1-2H3,(H,18,19)(H,20,21)/t11-,12+,13-,14-/m0/s1. The SMILES string of the molecule is CCc1cccc(C)c1NC(=O)[C@@H]1[C@@H](C(=O)O)[C@H]2C=C[C@@H]1O2. The first-order chi connectivity index (χ1) is 10.5. The van der Waals surface area contributed by atoms with Crippen LogP contribution in [0.25, 0.3) is 0 Å². The van der Waals surface area contributed by atoms with Crippen LogP contribution >= 0.6 is 0 Å². The van der Waals surface area contributed by atoms with Crippen LogP contribution in [0.4, 0.5) is 5.69 Å². The molecule has 1 saturated heterocycles. The maximum Gasteiger partial charge on any atom is 0.310 e. The van der Waals surface area contributed by atoms with Crippen LogP contribution in [0.1, 0.15) is 18.1 Å². The zero-order chi connectivity index (χ0) is 15.9. The highest BCUT2D eigenvalue weighted by molar-refractivity contribution is 5.97. The third kappa shape index (κ3) is 2.31. The van der Waals surface area contributed by atoms with Crippen molar-refractivity contribution < 1.29 is 19.4 Å². The maximum absolute atomic E-state index is 12.7. The van der Waals surface area contributed by atoms with Crippen LogP contribution in [-0.2, 0) is 20.7 Å². The topological polar surface area (TPSA) is 75.6 Å². The Hall–Kier alpha value is -2.14. The van der Waals surface area contributed by atoms with Gasteiger partial charge in [0.15, 0.2) is 0 Å². The van der Waals surface area contributed by atoms with E-state index >= 15 is 0 Å². The van der Waals surface area contributed by atoms with Gasteiger partial charge in [0, 0.05) is 5.69 Å². The summed E-state index contributed by atoms with van der Waals surface area (Å²) in [5, 5.41) is 12.3. The number of carboxylic acid groups (broad SMARTS) is 1. The van der Waals surface area contributed by atoms with E-state index in [-0.39, 0.29) is 5.91 Å². The van der Waals surface area contributed by atoms with Crippen molar-refractivity contribution in [2.24, 2.45) is 11.8 Å². The fourth-order valence-corrected chi connectivity index (χ4v) is 3.32. The molecule has 0 spiro atoms. The fourth-order valence-electron chi connectivity index (χ4n) is 3.32. The summed E-state index contributed by atoms with van der Waals surface area (Å²) in [5.41, 5.74) is 2.80. The number of fused-ring (bicyclic) bond motifs is 2. The second kappa shape index (κ2) is 5.57. The number of amides is 1. The molecule has 0 saturated carbocycles. The molecule has 1 aromatic carbocycles. The summed E-state index contributed by atoms with van der Waals surface area (Å²) in [4.78, 5) is 24.1. The third-order valence-electron chi connectivity index (χ3n) is 4.48. The molecule has 2 heterocycles. The Labute approximate surface area is 129 Å². The number of hydrogen-bond donors (Lipinski definition) is 2. The molecule has 2 aliphatic rings. The van der Waals surface area contributed by atoms with Gasteiger partial charge in [-0.25, -0.2) is 0 Å². The second-order valence-electron chi connectivity index (χ2n) is 5.79. The fraction of sp³-hybridized carbons (Fsp3) is 0.412. The van der Waals surface area contributed by atoms with Gasteiger partial charge in [-0.15, -0.1) is 0 Å². The van der Waals surface area contributed by atoms with E-state index in [0.29, 0.717) is 0 Å². The number of benzene rings is 1. The van der Waals surface area contributed by atoms with Crippen LogP contribution in [-0.4, -0.2) is 29.2 Å². The summed E-state index contributed by atoms with van der Waals surface area (Å²) in [6.07, 6.45) is 3.37. The number of hydrogen-bond acceptors (Lipinski definition) is 3. The number of rotatable bonds is 4. The highest BCUT2D eigenvalue weighted by atomic mass is 16.5. The zero-order valence-corrected chi connectivity index (χ0v) is 12.6. The number of carbonyl (C=O) groups excluding carboxylic acids is 1. The lowest BCUT2D eigenvalue weighted by Crippen LogP contribution is -2.39. The Balaban J connectivity index is 1.86. The number of carboxylic acids is 1. The highest BCUT2D eigenvalue weighted by Gasteiger charge is 2.53. The van der Waals surface area contributed by atoms with E-state index in [9.17, 15) is 14.7 Å². The lowest BCUT2D eigenvalue weighted by atomic mass is 9.82. The monoisotopic (exact) mass is 301 g/mol. The van der Waals surface area contributed by atoms with Crippen molar-refractivity contribution in [1.29, 1.82) is 0 Å². The van der Waals surface area contributed by atoms with E-state index in [1.165, 1.54) is 0 Å². The number of carbonyl (C=O) groups is 2. The number of nitrogens with one attached hydrogen (secondary N) is 1. The van der Waals surface area contributed by atoms with Gasteiger partial charge >= 0.3 is 5.97 Å². The van der Waals surface area contributed by atoms with Gasteiger partial charge in [-0.3, -0.25) is 9.59 Å². The predicted octanol–water partition coefficient (Wildman–Crippen LogP) is 2.15. The Morgan fingerprint density at radius 1 is 1.23 bits per heavy atom. The molecular formula is C17H19NO4. The summed E-state index contributed by atoms with van der Waals surface area (Å²) < 4.78 is 5.55. The molecule has 22 heavy (non-hydrogen) atoms. The summed E-state index contributed by atoms with van der Waals surface area (Å²) in [6, 6.07) is 5.85. The Morgan fingerprint density at radius 3 is 2.55 bits per heavy atom. The summed E-state index contributed by atoms with van der Waals surface area (Å²) in [7, 11) is 0. The first kappa shape index (κ1) is 14.8. The van der Waals surface area contributed by atoms with Crippen LogP contribution in [0.3, 0.4) is 0 Å². The number of aliphatic carboxylic acids is 1. The minimum Gasteiger partial charge on any atom is -0.481 e. The molecule has 1 fully saturated rings. The van der Waals surface area contributed by atoms with E-state index in [1.807, 2.05) is 32.0 Å². The predicted molar refractivity (Wildman–Crippen MR) is 81.6 cm³/mol. The molecule has 5 heteroatoms. The molecular weight excluding hydrogens is 282 g/mol. The molecule has 1 amide bonds. The Morgan fingerprint density at radius 2 is 1.91 bits per heavy atom. The smallest absolute Gasteiger partial charge is 0.310 e. The van der Waals surface area contributed by atoms with Crippen molar-refractivity contribution in [3.63, 3.8) is 0 Å². The van der Waals surface area contributed by atoms with Crippen LogP contribution in [0.2, 0.25) is 0 Å². The van der Waals surface area contributed by atoms with Gasteiger partial charge < -0.3 is 15.2 Å². The van der Waals surface area contributed by atoms with Crippen molar-refractivity contribution in [1.82, 2.24) is 0 Å². The van der Waals surface area contributed by atoms with Gasteiger partial charge in [-0.05, 0) is 24.5 Å². The highest BCUT2D eigenvalue weighted by Crippen LogP contribution is 2.40. The molecule has 4 atom stereocenters. The molecule has 0 radical (unpaired) electrons. The van der Waals surface area contributed by atoms with Gasteiger partial charge in [0.05, 0.1) is 18.1 Å². The minimum atomic E-state index is -0.988. The molecule has 3 rings (SSSR count). The number of ether oxygens (including phenoxy) is 1. The molecule has 2 bridgehead atoms. The first-order valence-corrected chi connectivity index (χ1v) is 7.49. The van der Waals surface area contributed by atoms with Crippen molar-refractivity contribution in [2.45, 2.75) is 32.5 Å². The number of anilines is 1. The van der Waals surface area contributed by atoms with E-state index < -0.39 is 30.0 Å². The normalized spacial score (nSPS) is 28.8. The van der Waals surface area contributed by atoms with E-state index in [1.54, 1.807) is 12.2 Å². The van der Waals surface area contributed by atoms with Gasteiger partial charge in [0.2, 0.25) is 5.91 Å². The average Bonchev–Trinajstić information content (AvgIpc) is 3.09. The van der Waals surface area contributed by atoms with Gasteiger partial charge in [-0.2, -0.15) is 0 Å². The van der Waals surface area contributed by atoms with Gasteiger partial charge in [-0.1, -0.05) is 37.3 Å². The van der Waals surface area contributed by atoms with Crippen LogP contribution < -0.4 is 5.32 Å². The molecule has 0 unspecified atom stereocenters. The molecule has 0 aliphatic carbocycles. The van der Waals surface area contributed by atoms with Crippen LogP contribution in [0.5, 0.6) is 0 Å². The lowest BCUT2D eigenvalue weighted by Gasteiger charge is -2.22. The molecule has 5 nitrogen and oxygen atoms in total. The Bertz CT molecular complexity index is 652. The van der Waals surface area contributed by atoms with Crippen LogP contribution in [0.15, 0.2) is 30.4 Å². The van der Waals surface area contributed by atoms with Crippen LogP contribution in [0, 0.1) is 18.8 Å². The molecule has 1 aromatic rings. The quantitative estimate of drug-likeness (QED) is 0.836. The van der Waals surface area contributed by atoms with E-state index in [2.05, 4.69) is 5.32 Å². The van der Waals surface area contributed by atoms with Crippen molar-refractivity contribution in [2.75, 3.05) is 5.32 Å². The summed E-state index contributed by atoms with van der Waals surface area (Å²) in [6.45, 7) is 3.95. The van der Waals surface area contributed by atoms with E-state index in [0.717, 1.165) is 23.2 Å². The molecule has 116 valence electrons. The molecule has 0 aromatic heterocycles. The van der Waals surface area contributed by atoms with Crippen molar-refractivity contribution in [3.8, 4) is 0 Å².